The van der Waals surface area contributed by atoms with Gasteiger partial charge in [0.25, 0.3) is 0 Å². The zero-order valence-corrected chi connectivity index (χ0v) is 12.2. The van der Waals surface area contributed by atoms with E-state index in [0.29, 0.717) is 6.10 Å². The van der Waals surface area contributed by atoms with Crippen LogP contribution in [0.2, 0.25) is 0 Å². The molecule has 1 saturated heterocycles. The third-order valence-corrected chi connectivity index (χ3v) is 3.55. The van der Waals surface area contributed by atoms with Gasteiger partial charge < -0.3 is 9.47 Å². The van der Waals surface area contributed by atoms with Crippen LogP contribution in [-0.4, -0.2) is 19.8 Å². The van der Waals surface area contributed by atoms with E-state index >= 15 is 0 Å². The first kappa shape index (κ1) is 14.1. The minimum absolute atomic E-state index is 0.153. The van der Waals surface area contributed by atoms with Gasteiger partial charge in [-0.1, -0.05) is 38.1 Å². The molecule has 19 heavy (non-hydrogen) atoms. The fourth-order valence-electron chi connectivity index (χ4n) is 2.45. The zero-order valence-electron chi connectivity index (χ0n) is 12.2. The summed E-state index contributed by atoms with van der Waals surface area (Å²) in [5.74, 6) is 0.913. The topological polar surface area (TPSA) is 18.5 Å². The summed E-state index contributed by atoms with van der Waals surface area (Å²) in [7, 11) is 1.70. The van der Waals surface area contributed by atoms with Gasteiger partial charge >= 0.3 is 0 Å². The van der Waals surface area contributed by atoms with E-state index in [1.165, 1.54) is 12.0 Å². The molecule has 1 aliphatic heterocycles. The Morgan fingerprint density at radius 1 is 1.32 bits per heavy atom. The Labute approximate surface area is 116 Å². The van der Waals surface area contributed by atoms with Gasteiger partial charge in [-0.25, -0.2) is 0 Å². The van der Waals surface area contributed by atoms with Gasteiger partial charge in [-0.3, -0.25) is 0 Å². The smallest absolute Gasteiger partial charge is 0.118 e. The van der Waals surface area contributed by atoms with Crippen LogP contribution in [-0.2, 0) is 11.2 Å². The number of benzene rings is 1. The van der Waals surface area contributed by atoms with Crippen molar-refractivity contribution in [2.24, 2.45) is 5.41 Å². The Kier molecular flexibility index (Phi) is 4.65. The second-order valence-electron chi connectivity index (χ2n) is 5.92. The summed E-state index contributed by atoms with van der Waals surface area (Å²) in [4.78, 5) is 0. The van der Waals surface area contributed by atoms with E-state index in [-0.39, 0.29) is 5.41 Å². The van der Waals surface area contributed by atoms with Crippen molar-refractivity contribution in [3.05, 3.63) is 42.0 Å². The normalized spacial score (nSPS) is 20.1. The van der Waals surface area contributed by atoms with Gasteiger partial charge in [-0.2, -0.15) is 0 Å². The highest BCUT2D eigenvalue weighted by molar-refractivity contribution is 5.28. The third-order valence-electron chi connectivity index (χ3n) is 3.55. The standard InChI is InChI=1S/C17H24O2/c1-17(2,11-10-16-5-4-12-19-16)13-14-6-8-15(18-3)9-7-14/h6-11,16H,4-5,12-13H2,1-3H3/b11-10+. The Hall–Kier alpha value is -1.28. The lowest BCUT2D eigenvalue weighted by molar-refractivity contribution is 0.144. The predicted octanol–water partition coefficient (Wildman–Crippen LogP) is 4.00. The van der Waals surface area contributed by atoms with Crippen molar-refractivity contribution in [3.63, 3.8) is 0 Å². The largest absolute Gasteiger partial charge is 0.497 e. The van der Waals surface area contributed by atoms with Crippen LogP contribution in [0.25, 0.3) is 0 Å². The number of hydrogen-bond donors (Lipinski definition) is 0. The van der Waals surface area contributed by atoms with E-state index < -0.39 is 0 Å². The second-order valence-corrected chi connectivity index (χ2v) is 5.92. The lowest BCUT2D eigenvalue weighted by Gasteiger charge is -2.21. The van der Waals surface area contributed by atoms with Crippen LogP contribution in [0.15, 0.2) is 36.4 Å². The molecule has 0 amide bonds. The number of rotatable bonds is 5. The van der Waals surface area contributed by atoms with Crippen molar-refractivity contribution < 1.29 is 9.47 Å². The van der Waals surface area contributed by atoms with Gasteiger partial charge in [-0.05, 0) is 42.4 Å². The highest BCUT2D eigenvalue weighted by Gasteiger charge is 2.17. The molecule has 0 saturated carbocycles. The second kappa shape index (κ2) is 6.25. The molecule has 104 valence electrons. The van der Waals surface area contributed by atoms with Gasteiger partial charge in [-0.15, -0.1) is 0 Å². The van der Waals surface area contributed by atoms with E-state index in [2.05, 4.69) is 38.1 Å². The quantitative estimate of drug-likeness (QED) is 0.745. The summed E-state index contributed by atoms with van der Waals surface area (Å²) in [5.41, 5.74) is 1.49. The van der Waals surface area contributed by atoms with Crippen molar-refractivity contribution in [1.29, 1.82) is 0 Å². The maximum Gasteiger partial charge on any atom is 0.118 e. The molecule has 2 rings (SSSR count). The summed E-state index contributed by atoms with van der Waals surface area (Å²) in [6.07, 6.45) is 8.24. The molecule has 1 atom stereocenters. The minimum atomic E-state index is 0.153. The van der Waals surface area contributed by atoms with Crippen LogP contribution in [0.3, 0.4) is 0 Å². The van der Waals surface area contributed by atoms with E-state index in [1.807, 2.05) is 12.1 Å². The molecule has 1 unspecified atom stereocenters. The van der Waals surface area contributed by atoms with Crippen molar-refractivity contribution in [2.45, 2.75) is 39.2 Å². The van der Waals surface area contributed by atoms with Crippen molar-refractivity contribution in [2.75, 3.05) is 13.7 Å². The fraction of sp³-hybridized carbons (Fsp3) is 0.529. The van der Waals surface area contributed by atoms with Crippen molar-refractivity contribution in [3.8, 4) is 5.75 Å². The van der Waals surface area contributed by atoms with Crippen molar-refractivity contribution in [1.82, 2.24) is 0 Å². The molecule has 0 radical (unpaired) electrons. The highest BCUT2D eigenvalue weighted by Crippen LogP contribution is 2.26. The summed E-state index contributed by atoms with van der Waals surface area (Å²) in [6, 6.07) is 8.32. The average molecular weight is 260 g/mol. The van der Waals surface area contributed by atoms with Crippen LogP contribution in [0.1, 0.15) is 32.3 Å². The van der Waals surface area contributed by atoms with E-state index in [0.717, 1.165) is 25.2 Å². The SMILES string of the molecule is COc1ccc(CC(C)(C)/C=C/C2CCCO2)cc1. The fourth-order valence-corrected chi connectivity index (χ4v) is 2.45. The first-order valence-corrected chi connectivity index (χ1v) is 7.03. The molecule has 1 aromatic carbocycles. The maximum absolute atomic E-state index is 5.63. The number of ether oxygens (including phenoxy) is 2. The predicted molar refractivity (Wildman–Crippen MR) is 78.6 cm³/mol. The number of allylic oxidation sites excluding steroid dienone is 1. The molecule has 1 aromatic rings. The monoisotopic (exact) mass is 260 g/mol. The lowest BCUT2D eigenvalue weighted by Crippen LogP contribution is -2.13. The van der Waals surface area contributed by atoms with Gasteiger partial charge in [0.2, 0.25) is 0 Å². The summed E-state index contributed by atoms with van der Waals surface area (Å²) < 4.78 is 10.8. The van der Waals surface area contributed by atoms with E-state index in [4.69, 9.17) is 9.47 Å². The first-order valence-electron chi connectivity index (χ1n) is 7.03. The molecule has 1 aliphatic rings. The van der Waals surface area contributed by atoms with Crippen LogP contribution < -0.4 is 4.74 Å². The zero-order chi connectivity index (χ0) is 13.7. The van der Waals surface area contributed by atoms with Crippen LogP contribution in [0, 0.1) is 5.41 Å². The molecule has 0 aliphatic carbocycles. The van der Waals surface area contributed by atoms with Gasteiger partial charge in [0.05, 0.1) is 13.2 Å². The molecule has 0 N–H and O–H groups in total. The molecule has 1 fully saturated rings. The molecule has 0 bridgehead atoms. The number of methoxy groups -OCH3 is 1. The maximum atomic E-state index is 5.63. The summed E-state index contributed by atoms with van der Waals surface area (Å²) in [6.45, 7) is 5.44. The van der Waals surface area contributed by atoms with Crippen LogP contribution in [0.4, 0.5) is 0 Å². The van der Waals surface area contributed by atoms with Crippen molar-refractivity contribution >= 4 is 0 Å². The Morgan fingerprint density at radius 3 is 2.63 bits per heavy atom. The summed E-state index contributed by atoms with van der Waals surface area (Å²) in [5, 5.41) is 0. The molecule has 0 spiro atoms. The Balaban J connectivity index is 1.94. The molecular weight excluding hydrogens is 236 g/mol. The molecule has 2 nitrogen and oxygen atoms in total. The minimum Gasteiger partial charge on any atom is -0.497 e. The van der Waals surface area contributed by atoms with Crippen LogP contribution >= 0.6 is 0 Å². The van der Waals surface area contributed by atoms with Crippen LogP contribution in [0.5, 0.6) is 5.75 Å². The average Bonchev–Trinajstić information content (AvgIpc) is 2.90. The van der Waals surface area contributed by atoms with Gasteiger partial charge in [0.1, 0.15) is 5.75 Å². The molecule has 0 aromatic heterocycles. The van der Waals surface area contributed by atoms with E-state index in [1.54, 1.807) is 7.11 Å². The lowest BCUT2D eigenvalue weighted by atomic mass is 9.85. The number of hydrogen-bond acceptors (Lipinski definition) is 2. The third kappa shape index (κ3) is 4.39. The molecular formula is C17H24O2. The first-order chi connectivity index (χ1) is 9.09. The van der Waals surface area contributed by atoms with Gasteiger partial charge in [0, 0.05) is 6.61 Å². The Bertz CT molecular complexity index is 411. The molecule has 1 heterocycles. The Morgan fingerprint density at radius 2 is 2.05 bits per heavy atom. The van der Waals surface area contributed by atoms with Gasteiger partial charge in [0.15, 0.2) is 0 Å². The highest BCUT2D eigenvalue weighted by atomic mass is 16.5. The molecule has 2 heteroatoms. The summed E-state index contributed by atoms with van der Waals surface area (Å²) >= 11 is 0. The van der Waals surface area contributed by atoms with E-state index in [9.17, 15) is 0 Å².